The van der Waals surface area contributed by atoms with Gasteiger partial charge in [0.05, 0.1) is 0 Å². The second-order valence-electron chi connectivity index (χ2n) is 3.13. The van der Waals surface area contributed by atoms with Crippen LogP contribution in [0.25, 0.3) is 0 Å². The quantitative estimate of drug-likeness (QED) is 0.254. The lowest BCUT2D eigenvalue weighted by Crippen LogP contribution is -2.53. The van der Waals surface area contributed by atoms with Crippen LogP contribution < -0.4 is 21.5 Å². The number of carbonyl (C=O) groups is 1. The van der Waals surface area contributed by atoms with Crippen molar-refractivity contribution in [1.82, 2.24) is 15.7 Å². The van der Waals surface area contributed by atoms with Crippen molar-refractivity contribution in [2.75, 3.05) is 0 Å². The summed E-state index contributed by atoms with van der Waals surface area (Å²) in [4.78, 5) is 12.5. The highest BCUT2D eigenvalue weighted by molar-refractivity contribution is 7.92. The molecule has 1 aliphatic rings. The van der Waals surface area contributed by atoms with Crippen LogP contribution in [0.1, 0.15) is 6.42 Å². The lowest BCUT2D eigenvalue weighted by atomic mass is 10.2. The summed E-state index contributed by atoms with van der Waals surface area (Å²) >= 11 is 11.6. The topological polar surface area (TPSA) is 113 Å². The molecule has 0 aromatic carbocycles. The van der Waals surface area contributed by atoms with Crippen LogP contribution in [-0.4, -0.2) is 18.7 Å². The molecule has 0 heterocycles. The molecule has 0 aromatic heterocycles. The van der Waals surface area contributed by atoms with Crippen molar-refractivity contribution in [3.05, 3.63) is 23.3 Å². The average molecular weight is 301 g/mol. The number of urea groups is 1. The van der Waals surface area contributed by atoms with Crippen molar-refractivity contribution in [3.8, 4) is 0 Å². The Morgan fingerprint density at radius 2 is 2.18 bits per heavy atom. The number of nitrogens with two attached hydrogens (primary N) is 1. The van der Waals surface area contributed by atoms with Gasteiger partial charge in [0.1, 0.15) is 0 Å². The van der Waals surface area contributed by atoms with Gasteiger partial charge in [-0.3, -0.25) is 10.9 Å². The summed E-state index contributed by atoms with van der Waals surface area (Å²) in [6.45, 7) is 0. The summed E-state index contributed by atoms with van der Waals surface area (Å²) in [6.07, 6.45) is 4.22. The number of nitrogens with one attached hydrogen (secondary N) is 3. The van der Waals surface area contributed by atoms with Crippen molar-refractivity contribution < 1.29 is 13.2 Å². The number of halogens is 2. The van der Waals surface area contributed by atoms with Crippen LogP contribution >= 0.6 is 23.2 Å². The molecule has 5 N–H and O–H groups in total. The minimum absolute atomic E-state index is 0.0199. The van der Waals surface area contributed by atoms with Gasteiger partial charge in [-0.1, -0.05) is 29.3 Å². The predicted molar refractivity (Wildman–Crippen MR) is 64.2 cm³/mol. The summed E-state index contributed by atoms with van der Waals surface area (Å²) in [7, 11) is -4.05. The Labute approximate surface area is 108 Å². The van der Waals surface area contributed by atoms with Gasteiger partial charge in [0.25, 0.3) is 10.0 Å². The van der Waals surface area contributed by atoms with Gasteiger partial charge in [-0.2, -0.15) is 0 Å². The van der Waals surface area contributed by atoms with Gasteiger partial charge in [-0.25, -0.2) is 19.1 Å². The monoisotopic (exact) mass is 300 g/mol. The van der Waals surface area contributed by atoms with E-state index in [0.717, 1.165) is 0 Å². The zero-order valence-corrected chi connectivity index (χ0v) is 10.7. The van der Waals surface area contributed by atoms with Crippen LogP contribution in [0.15, 0.2) is 23.3 Å². The van der Waals surface area contributed by atoms with E-state index in [4.69, 9.17) is 29.0 Å². The highest BCUT2D eigenvalue weighted by Gasteiger charge is 2.40. The minimum Gasteiger partial charge on any atom is -0.275 e. The summed E-state index contributed by atoms with van der Waals surface area (Å²) < 4.78 is 21.9. The van der Waals surface area contributed by atoms with Gasteiger partial charge in [-0.05, 0) is 12.2 Å². The van der Waals surface area contributed by atoms with Gasteiger partial charge in [0.15, 0.2) is 4.21 Å². The second kappa shape index (κ2) is 5.23. The van der Waals surface area contributed by atoms with Crippen LogP contribution in [0.3, 0.4) is 0 Å². The molecule has 0 spiro atoms. The maximum atomic E-state index is 11.8. The molecule has 0 fully saturated rings. The van der Waals surface area contributed by atoms with Crippen molar-refractivity contribution in [1.29, 1.82) is 0 Å². The molecule has 0 radical (unpaired) electrons. The summed E-state index contributed by atoms with van der Waals surface area (Å²) in [5.74, 6) is 4.76. The average Bonchev–Trinajstić information content (AvgIpc) is 2.25. The van der Waals surface area contributed by atoms with Crippen LogP contribution in [-0.2, 0) is 10.0 Å². The van der Waals surface area contributed by atoms with E-state index in [-0.39, 0.29) is 11.5 Å². The third-order valence-electron chi connectivity index (χ3n) is 1.90. The maximum Gasteiger partial charge on any atom is 0.344 e. The first-order valence-electron chi connectivity index (χ1n) is 4.32. The van der Waals surface area contributed by atoms with Gasteiger partial charge in [-0.15, -0.1) is 4.83 Å². The second-order valence-corrected chi connectivity index (χ2v) is 6.40. The molecule has 7 nitrogen and oxygen atoms in total. The Morgan fingerprint density at radius 1 is 1.53 bits per heavy atom. The van der Waals surface area contributed by atoms with Gasteiger partial charge >= 0.3 is 6.03 Å². The predicted octanol–water partition coefficient (Wildman–Crippen LogP) is 0.0114. The molecule has 10 heteroatoms. The molecule has 17 heavy (non-hydrogen) atoms. The first kappa shape index (κ1) is 14.3. The van der Waals surface area contributed by atoms with E-state index in [1.807, 2.05) is 5.43 Å². The van der Waals surface area contributed by atoms with E-state index in [1.165, 1.54) is 18.2 Å². The highest BCUT2D eigenvalue weighted by atomic mass is 35.5. The number of carbonyl (C=O) groups excluding carboxylic acids is 1. The molecule has 96 valence electrons. The molecule has 0 saturated heterocycles. The van der Waals surface area contributed by atoms with Crippen molar-refractivity contribution in [2.45, 2.75) is 10.6 Å². The molecule has 0 aliphatic heterocycles. The molecule has 1 aliphatic carbocycles. The van der Waals surface area contributed by atoms with Gasteiger partial charge in [0.2, 0.25) is 0 Å². The zero-order chi connectivity index (χ0) is 13.1. The largest absolute Gasteiger partial charge is 0.344 e. The Morgan fingerprint density at radius 3 is 2.71 bits per heavy atom. The Bertz CT molecular complexity index is 476. The molecule has 2 amide bonds. The fraction of sp³-hybridized carbons (Fsp3) is 0.286. The zero-order valence-electron chi connectivity index (χ0n) is 8.41. The van der Waals surface area contributed by atoms with Crippen molar-refractivity contribution >= 4 is 39.3 Å². The molecule has 1 rings (SSSR count). The fourth-order valence-corrected chi connectivity index (χ4v) is 2.78. The molecule has 0 saturated carbocycles. The summed E-state index contributed by atoms with van der Waals surface area (Å²) in [5, 5.41) is 0.194. The highest BCUT2D eigenvalue weighted by Crippen LogP contribution is 2.33. The van der Waals surface area contributed by atoms with E-state index in [2.05, 4.69) is 0 Å². The number of hydrazine groups is 2. The summed E-state index contributed by atoms with van der Waals surface area (Å²) in [6, 6.07) is -0.921. The van der Waals surface area contributed by atoms with Crippen molar-refractivity contribution in [2.24, 2.45) is 5.84 Å². The van der Waals surface area contributed by atoms with Gasteiger partial charge in [0, 0.05) is 11.5 Å². The van der Waals surface area contributed by atoms with Crippen LogP contribution in [0.2, 0.25) is 0 Å². The third kappa shape index (κ3) is 3.33. The Balaban J connectivity index is 2.84. The normalized spacial score (nSPS) is 24.1. The number of rotatable bonds is 3. The molecular formula is C7H10Cl2N4O3S. The standard InChI is InChI=1S/C7H10Cl2N4O3S/c8-5-2-1-3-7(9,4-5)17(15,16)13-12-6(14)11-10/h1-2,4,13H,3,10H2,(H2,11,12,14). The maximum absolute atomic E-state index is 11.8. The lowest BCUT2D eigenvalue weighted by Gasteiger charge is -2.24. The molecule has 1 unspecified atom stereocenters. The molecular weight excluding hydrogens is 291 g/mol. The van der Waals surface area contributed by atoms with Gasteiger partial charge < -0.3 is 0 Å². The van der Waals surface area contributed by atoms with E-state index in [1.54, 1.807) is 10.3 Å². The first-order valence-corrected chi connectivity index (χ1v) is 6.56. The van der Waals surface area contributed by atoms with E-state index in [9.17, 15) is 13.2 Å². The number of allylic oxidation sites excluding steroid dienone is 3. The number of hydrogen-bond acceptors (Lipinski definition) is 4. The van der Waals surface area contributed by atoms with Crippen LogP contribution in [0.5, 0.6) is 0 Å². The molecule has 0 aromatic rings. The third-order valence-corrected chi connectivity index (χ3v) is 4.56. The number of alkyl halides is 1. The smallest absolute Gasteiger partial charge is 0.275 e. The minimum atomic E-state index is -4.05. The number of sulfonamides is 1. The lowest BCUT2D eigenvalue weighted by molar-refractivity contribution is 0.239. The Kier molecular flexibility index (Phi) is 4.39. The Hall–Kier alpha value is -0.800. The number of amides is 2. The first-order chi connectivity index (χ1) is 7.81. The van der Waals surface area contributed by atoms with E-state index in [0.29, 0.717) is 0 Å². The SMILES string of the molecule is NNC(=O)NNS(=O)(=O)C1(Cl)C=C(Cl)C=CC1. The fourth-order valence-electron chi connectivity index (χ4n) is 1.07. The van der Waals surface area contributed by atoms with E-state index >= 15 is 0 Å². The van der Waals surface area contributed by atoms with Crippen LogP contribution in [0, 0.1) is 0 Å². The number of hydrogen-bond donors (Lipinski definition) is 4. The van der Waals surface area contributed by atoms with Crippen LogP contribution in [0.4, 0.5) is 4.79 Å². The summed E-state index contributed by atoms with van der Waals surface area (Å²) in [5.41, 5.74) is 3.50. The molecule has 0 bridgehead atoms. The van der Waals surface area contributed by atoms with Crippen molar-refractivity contribution in [3.63, 3.8) is 0 Å². The van der Waals surface area contributed by atoms with E-state index < -0.39 is 20.3 Å². The molecule has 1 atom stereocenters.